The Balaban J connectivity index is 2.65. The summed E-state index contributed by atoms with van der Waals surface area (Å²) >= 11 is 0. The van der Waals surface area contributed by atoms with E-state index in [0.29, 0.717) is 17.1 Å². The Morgan fingerprint density at radius 2 is 1.95 bits per heavy atom. The molecule has 0 saturated carbocycles. The SMILES string of the molecule is Cc1nc(O)c2c(n1)CN(C(=O)O)C(C)C2C(C)(C)C. The normalized spacial score (nSPS) is 22.6. The fourth-order valence-corrected chi connectivity index (χ4v) is 3.19. The summed E-state index contributed by atoms with van der Waals surface area (Å²) in [6.07, 6.45) is -0.965. The molecule has 2 rings (SSSR count). The monoisotopic (exact) mass is 279 g/mol. The number of nitrogens with zero attached hydrogens (tertiary/aromatic N) is 3. The third-order valence-corrected chi connectivity index (χ3v) is 3.90. The van der Waals surface area contributed by atoms with Crippen molar-refractivity contribution >= 4 is 6.09 Å². The molecule has 0 aliphatic carbocycles. The van der Waals surface area contributed by atoms with Gasteiger partial charge in [0.2, 0.25) is 5.88 Å². The van der Waals surface area contributed by atoms with E-state index in [0.717, 1.165) is 0 Å². The highest BCUT2D eigenvalue weighted by Crippen LogP contribution is 2.46. The number of aromatic hydroxyl groups is 1. The van der Waals surface area contributed by atoms with Crippen molar-refractivity contribution in [2.75, 3.05) is 0 Å². The van der Waals surface area contributed by atoms with Crippen molar-refractivity contribution in [2.24, 2.45) is 5.41 Å². The van der Waals surface area contributed by atoms with E-state index >= 15 is 0 Å². The van der Waals surface area contributed by atoms with Gasteiger partial charge in [0.15, 0.2) is 0 Å². The van der Waals surface area contributed by atoms with Crippen LogP contribution in [0, 0.1) is 12.3 Å². The van der Waals surface area contributed by atoms with Gasteiger partial charge >= 0.3 is 6.09 Å². The molecule has 110 valence electrons. The fourth-order valence-electron chi connectivity index (χ4n) is 3.19. The molecule has 0 spiro atoms. The van der Waals surface area contributed by atoms with Crippen LogP contribution in [0.25, 0.3) is 0 Å². The summed E-state index contributed by atoms with van der Waals surface area (Å²) < 4.78 is 0. The Kier molecular flexibility index (Phi) is 3.36. The molecule has 6 heteroatoms. The molecule has 0 radical (unpaired) electrons. The van der Waals surface area contributed by atoms with E-state index in [1.165, 1.54) is 4.90 Å². The van der Waals surface area contributed by atoms with Crippen LogP contribution in [0.5, 0.6) is 5.88 Å². The second-order valence-corrected chi connectivity index (χ2v) is 6.45. The molecular weight excluding hydrogens is 258 g/mol. The lowest BCUT2D eigenvalue weighted by Gasteiger charge is -2.44. The van der Waals surface area contributed by atoms with E-state index in [1.54, 1.807) is 6.92 Å². The van der Waals surface area contributed by atoms with Crippen LogP contribution in [0.4, 0.5) is 4.79 Å². The van der Waals surface area contributed by atoms with Gasteiger partial charge in [-0.2, -0.15) is 4.98 Å². The van der Waals surface area contributed by atoms with E-state index < -0.39 is 6.09 Å². The van der Waals surface area contributed by atoms with Gasteiger partial charge < -0.3 is 10.2 Å². The Labute approximate surface area is 118 Å². The molecular formula is C14H21N3O3. The summed E-state index contributed by atoms with van der Waals surface area (Å²) in [5.74, 6) is 0.279. The van der Waals surface area contributed by atoms with Gasteiger partial charge in [0, 0.05) is 17.5 Å². The standard InChI is InChI=1S/C14H21N3O3/c1-7-11(14(3,4)5)10-9(6-17(7)13(19)20)15-8(2)16-12(10)18/h7,11H,6H2,1-5H3,(H,19,20)(H,15,16,18). The number of carbonyl (C=O) groups is 1. The maximum absolute atomic E-state index is 11.4. The summed E-state index contributed by atoms with van der Waals surface area (Å²) in [5, 5.41) is 19.6. The average molecular weight is 279 g/mol. The zero-order valence-corrected chi connectivity index (χ0v) is 12.5. The third kappa shape index (κ3) is 2.30. The van der Waals surface area contributed by atoms with Gasteiger partial charge in [-0.15, -0.1) is 0 Å². The van der Waals surface area contributed by atoms with Gasteiger partial charge in [-0.05, 0) is 19.3 Å². The lowest BCUT2D eigenvalue weighted by molar-refractivity contribution is 0.0848. The summed E-state index contributed by atoms with van der Waals surface area (Å²) in [6, 6.07) is -0.239. The molecule has 0 aromatic carbocycles. The van der Waals surface area contributed by atoms with Crippen LogP contribution >= 0.6 is 0 Å². The summed E-state index contributed by atoms with van der Waals surface area (Å²) in [5.41, 5.74) is 1.08. The van der Waals surface area contributed by atoms with Crippen molar-refractivity contribution in [1.29, 1.82) is 0 Å². The average Bonchev–Trinajstić information content (AvgIpc) is 2.26. The maximum atomic E-state index is 11.4. The summed E-state index contributed by atoms with van der Waals surface area (Å²) in [4.78, 5) is 21.2. The van der Waals surface area contributed by atoms with Crippen LogP contribution in [0.3, 0.4) is 0 Å². The first-order valence-electron chi connectivity index (χ1n) is 6.69. The van der Waals surface area contributed by atoms with Crippen molar-refractivity contribution in [3.63, 3.8) is 0 Å². The van der Waals surface area contributed by atoms with Crippen LogP contribution in [0.15, 0.2) is 0 Å². The molecule has 2 atom stereocenters. The van der Waals surface area contributed by atoms with E-state index in [-0.39, 0.29) is 29.8 Å². The highest BCUT2D eigenvalue weighted by molar-refractivity contribution is 5.66. The third-order valence-electron chi connectivity index (χ3n) is 3.90. The second kappa shape index (κ2) is 4.61. The number of amides is 1. The Morgan fingerprint density at radius 3 is 2.45 bits per heavy atom. The molecule has 0 saturated heterocycles. The van der Waals surface area contributed by atoms with Gasteiger partial charge in [-0.25, -0.2) is 9.78 Å². The molecule has 2 unspecified atom stereocenters. The lowest BCUT2D eigenvalue weighted by atomic mass is 9.70. The van der Waals surface area contributed by atoms with Crippen LogP contribution in [-0.4, -0.2) is 37.2 Å². The number of rotatable bonds is 0. The van der Waals surface area contributed by atoms with Gasteiger partial charge in [-0.1, -0.05) is 20.8 Å². The lowest BCUT2D eigenvalue weighted by Crippen LogP contribution is -2.48. The van der Waals surface area contributed by atoms with E-state index in [1.807, 2.05) is 27.7 Å². The topological polar surface area (TPSA) is 86.6 Å². The van der Waals surface area contributed by atoms with Crippen molar-refractivity contribution in [1.82, 2.24) is 14.9 Å². The van der Waals surface area contributed by atoms with Crippen LogP contribution in [0.1, 0.15) is 50.7 Å². The van der Waals surface area contributed by atoms with E-state index in [4.69, 9.17) is 0 Å². The van der Waals surface area contributed by atoms with Crippen LogP contribution < -0.4 is 0 Å². The largest absolute Gasteiger partial charge is 0.493 e. The Hall–Kier alpha value is -1.85. The molecule has 1 aliphatic rings. The van der Waals surface area contributed by atoms with Crippen LogP contribution in [-0.2, 0) is 6.54 Å². The summed E-state index contributed by atoms with van der Waals surface area (Å²) in [7, 11) is 0. The minimum atomic E-state index is -0.965. The van der Waals surface area contributed by atoms with E-state index in [9.17, 15) is 15.0 Å². The minimum absolute atomic E-state index is 0.0238. The highest BCUT2D eigenvalue weighted by atomic mass is 16.4. The molecule has 1 aromatic rings. The molecule has 2 heterocycles. The van der Waals surface area contributed by atoms with Crippen LogP contribution in [0.2, 0.25) is 0 Å². The number of hydrogen-bond acceptors (Lipinski definition) is 4. The molecule has 1 amide bonds. The molecule has 0 fully saturated rings. The first-order chi connectivity index (χ1) is 9.12. The second-order valence-electron chi connectivity index (χ2n) is 6.45. The first kappa shape index (κ1) is 14.6. The maximum Gasteiger partial charge on any atom is 0.407 e. The number of hydrogen-bond donors (Lipinski definition) is 2. The minimum Gasteiger partial charge on any atom is -0.493 e. The number of fused-ring (bicyclic) bond motifs is 1. The van der Waals surface area contributed by atoms with E-state index in [2.05, 4.69) is 9.97 Å². The molecule has 1 aromatic heterocycles. The van der Waals surface area contributed by atoms with Gasteiger partial charge in [0.1, 0.15) is 5.82 Å². The molecule has 6 nitrogen and oxygen atoms in total. The molecule has 1 aliphatic heterocycles. The highest BCUT2D eigenvalue weighted by Gasteiger charge is 2.43. The summed E-state index contributed by atoms with van der Waals surface area (Å²) in [6.45, 7) is 9.84. The van der Waals surface area contributed by atoms with Crippen molar-refractivity contribution in [3.05, 3.63) is 17.1 Å². The Morgan fingerprint density at radius 1 is 1.35 bits per heavy atom. The fraction of sp³-hybridized carbons (Fsp3) is 0.643. The number of aryl methyl sites for hydroxylation is 1. The van der Waals surface area contributed by atoms with Gasteiger partial charge in [0.25, 0.3) is 0 Å². The van der Waals surface area contributed by atoms with Crippen molar-refractivity contribution in [2.45, 2.75) is 53.1 Å². The predicted octanol–water partition coefficient (Wildman–Crippen LogP) is 2.50. The van der Waals surface area contributed by atoms with Gasteiger partial charge in [-0.3, -0.25) is 4.90 Å². The molecule has 20 heavy (non-hydrogen) atoms. The predicted molar refractivity (Wildman–Crippen MR) is 73.7 cm³/mol. The smallest absolute Gasteiger partial charge is 0.407 e. The number of carboxylic acid groups (broad SMARTS) is 1. The molecule has 2 N–H and O–H groups in total. The van der Waals surface area contributed by atoms with Crippen molar-refractivity contribution in [3.8, 4) is 5.88 Å². The van der Waals surface area contributed by atoms with Crippen molar-refractivity contribution < 1.29 is 15.0 Å². The molecule has 0 bridgehead atoms. The van der Waals surface area contributed by atoms with Gasteiger partial charge in [0.05, 0.1) is 12.2 Å². The zero-order chi connectivity index (χ0) is 15.2. The number of aromatic nitrogens is 2. The Bertz CT molecular complexity index is 551. The quantitative estimate of drug-likeness (QED) is 0.762. The first-order valence-corrected chi connectivity index (χ1v) is 6.69. The zero-order valence-electron chi connectivity index (χ0n) is 12.5.